The van der Waals surface area contributed by atoms with Crippen molar-refractivity contribution in [2.24, 2.45) is 7.05 Å². The van der Waals surface area contributed by atoms with Gasteiger partial charge in [-0.05, 0) is 62.8 Å². The van der Waals surface area contributed by atoms with E-state index < -0.39 is 5.60 Å². The first kappa shape index (κ1) is 15.7. The number of allylic oxidation sites excluding steroid dienone is 1. The van der Waals surface area contributed by atoms with Crippen LogP contribution in [0.4, 0.5) is 10.5 Å². The van der Waals surface area contributed by atoms with E-state index in [9.17, 15) is 4.79 Å². The lowest BCUT2D eigenvalue weighted by Crippen LogP contribution is -2.38. The summed E-state index contributed by atoms with van der Waals surface area (Å²) in [5, 5.41) is 1.20. The molecule has 1 aliphatic heterocycles. The number of aryl methyl sites for hydroxylation is 1. The number of rotatable bonds is 0. The third kappa shape index (κ3) is 3.26. The lowest BCUT2D eigenvalue weighted by molar-refractivity contribution is 0.0580. The molecule has 1 aromatic carbocycles. The molecule has 0 atom stereocenters. The number of amides is 1. The van der Waals surface area contributed by atoms with Crippen molar-refractivity contribution < 1.29 is 9.53 Å². The number of fused-ring (bicyclic) bond motifs is 2. The molecular weight excluding hydrogens is 288 g/mol. The first-order chi connectivity index (χ1) is 10.8. The highest BCUT2D eigenvalue weighted by molar-refractivity contribution is 5.94. The van der Waals surface area contributed by atoms with Crippen molar-refractivity contribution in [2.45, 2.75) is 39.2 Å². The van der Waals surface area contributed by atoms with E-state index in [-0.39, 0.29) is 6.09 Å². The quantitative estimate of drug-likeness (QED) is 0.675. The van der Waals surface area contributed by atoms with Gasteiger partial charge in [0.05, 0.1) is 5.69 Å². The van der Waals surface area contributed by atoms with Crippen molar-refractivity contribution >= 4 is 22.7 Å². The van der Waals surface area contributed by atoms with Crippen molar-refractivity contribution in [3.05, 3.63) is 42.1 Å². The maximum absolute atomic E-state index is 12.7. The van der Waals surface area contributed by atoms with Crippen LogP contribution < -0.4 is 4.90 Å². The van der Waals surface area contributed by atoms with Gasteiger partial charge in [-0.2, -0.15) is 0 Å². The summed E-state index contributed by atoms with van der Waals surface area (Å²) in [7, 11) is 2.02. The monoisotopic (exact) mass is 312 g/mol. The molecule has 4 nitrogen and oxygen atoms in total. The minimum atomic E-state index is -0.496. The van der Waals surface area contributed by atoms with Crippen molar-refractivity contribution in [1.82, 2.24) is 4.57 Å². The van der Waals surface area contributed by atoms with Crippen molar-refractivity contribution in [1.29, 1.82) is 0 Å². The van der Waals surface area contributed by atoms with Crippen LogP contribution in [0.2, 0.25) is 0 Å². The summed E-state index contributed by atoms with van der Waals surface area (Å²) in [6.45, 7) is 6.33. The summed E-state index contributed by atoms with van der Waals surface area (Å²) in [4.78, 5) is 14.4. The minimum absolute atomic E-state index is 0.275. The first-order valence-electron chi connectivity index (χ1n) is 8.08. The molecule has 0 saturated heterocycles. The number of benzene rings is 1. The Bertz CT molecular complexity index is 766. The third-order valence-corrected chi connectivity index (χ3v) is 4.01. The van der Waals surface area contributed by atoms with E-state index in [1.165, 1.54) is 5.39 Å². The predicted molar refractivity (Wildman–Crippen MR) is 94.0 cm³/mol. The van der Waals surface area contributed by atoms with Gasteiger partial charge in [0, 0.05) is 25.3 Å². The zero-order valence-corrected chi connectivity index (χ0v) is 14.3. The maximum Gasteiger partial charge on any atom is 0.414 e. The molecule has 0 radical (unpaired) electrons. The van der Waals surface area contributed by atoms with E-state index in [0.29, 0.717) is 6.54 Å². The number of nitrogens with zero attached hydrogens (tertiary/aromatic N) is 2. The Morgan fingerprint density at radius 1 is 1.22 bits per heavy atom. The van der Waals surface area contributed by atoms with Gasteiger partial charge in [-0.1, -0.05) is 12.2 Å². The number of ether oxygens (including phenoxy) is 1. The molecule has 23 heavy (non-hydrogen) atoms. The second-order valence-corrected chi connectivity index (χ2v) is 7.06. The highest BCUT2D eigenvalue weighted by atomic mass is 16.6. The van der Waals surface area contributed by atoms with Crippen LogP contribution >= 0.6 is 0 Å². The number of aromatic nitrogens is 1. The van der Waals surface area contributed by atoms with Crippen LogP contribution in [-0.4, -0.2) is 22.8 Å². The summed E-state index contributed by atoms with van der Waals surface area (Å²) in [6, 6.07) is 6.39. The van der Waals surface area contributed by atoms with Gasteiger partial charge in [0.2, 0.25) is 0 Å². The van der Waals surface area contributed by atoms with Gasteiger partial charge in [0.1, 0.15) is 5.60 Å². The van der Waals surface area contributed by atoms with E-state index >= 15 is 0 Å². The van der Waals surface area contributed by atoms with Gasteiger partial charge in [-0.15, -0.1) is 0 Å². The van der Waals surface area contributed by atoms with Crippen LogP contribution in [0.25, 0.3) is 10.9 Å². The van der Waals surface area contributed by atoms with Gasteiger partial charge in [0.15, 0.2) is 0 Å². The molecule has 0 fully saturated rings. The number of hydrogen-bond acceptors (Lipinski definition) is 2. The molecule has 0 spiro atoms. The smallest absolute Gasteiger partial charge is 0.414 e. The number of carbonyl (C=O) groups is 1. The van der Waals surface area contributed by atoms with Gasteiger partial charge in [-0.3, -0.25) is 4.90 Å². The molecule has 0 N–H and O–H groups in total. The molecule has 3 rings (SSSR count). The topological polar surface area (TPSA) is 34.5 Å². The van der Waals surface area contributed by atoms with Gasteiger partial charge < -0.3 is 9.30 Å². The fourth-order valence-electron chi connectivity index (χ4n) is 2.93. The first-order valence-corrected chi connectivity index (χ1v) is 8.08. The summed E-state index contributed by atoms with van der Waals surface area (Å²) in [5.74, 6) is 0. The molecule has 0 saturated carbocycles. The van der Waals surface area contributed by atoms with E-state index in [4.69, 9.17) is 4.74 Å². The highest BCUT2D eigenvalue weighted by Crippen LogP contribution is 2.30. The molecule has 2 heterocycles. The number of hydrogen-bond donors (Lipinski definition) is 0. The molecule has 122 valence electrons. The Morgan fingerprint density at radius 2 is 2.00 bits per heavy atom. The lowest BCUT2D eigenvalue weighted by Gasteiger charge is -2.29. The Labute approximate surface area is 137 Å². The molecule has 0 aliphatic carbocycles. The molecule has 0 unspecified atom stereocenters. The lowest BCUT2D eigenvalue weighted by atomic mass is 10.0. The van der Waals surface area contributed by atoms with Gasteiger partial charge in [-0.25, -0.2) is 4.79 Å². The van der Waals surface area contributed by atoms with Crippen LogP contribution in [0, 0.1) is 0 Å². The van der Waals surface area contributed by atoms with Gasteiger partial charge >= 0.3 is 6.09 Å². The molecule has 0 bridgehead atoms. The molecule has 1 amide bonds. The van der Waals surface area contributed by atoms with E-state index in [1.54, 1.807) is 4.90 Å². The SMILES string of the molecule is Cn1ccc2cc3c(cc21)N(C(=O)OC(C)(C)C)CC/C=C\C3. The van der Waals surface area contributed by atoms with Gasteiger partial charge in [0.25, 0.3) is 0 Å². The van der Waals surface area contributed by atoms with E-state index in [0.717, 1.165) is 29.6 Å². The zero-order chi connectivity index (χ0) is 16.6. The van der Waals surface area contributed by atoms with Crippen LogP contribution in [0.1, 0.15) is 32.8 Å². The van der Waals surface area contributed by atoms with Crippen molar-refractivity contribution in [3.63, 3.8) is 0 Å². The average molecular weight is 312 g/mol. The van der Waals surface area contributed by atoms with E-state index in [2.05, 4.69) is 34.9 Å². The Hall–Kier alpha value is -2.23. The molecular formula is C19H24N2O2. The Kier molecular flexibility index (Phi) is 3.92. The molecule has 1 aliphatic rings. The normalized spacial score (nSPS) is 16.6. The maximum atomic E-state index is 12.7. The average Bonchev–Trinajstić information content (AvgIpc) is 2.78. The second-order valence-electron chi connectivity index (χ2n) is 7.06. The molecule has 1 aromatic heterocycles. The fourth-order valence-corrected chi connectivity index (χ4v) is 2.93. The predicted octanol–water partition coefficient (Wildman–Crippen LogP) is 4.42. The van der Waals surface area contributed by atoms with Crippen LogP contribution in [0.3, 0.4) is 0 Å². The van der Waals surface area contributed by atoms with Crippen LogP contribution in [-0.2, 0) is 18.2 Å². The van der Waals surface area contributed by atoms with Crippen molar-refractivity contribution in [3.8, 4) is 0 Å². The number of anilines is 1. The summed E-state index contributed by atoms with van der Waals surface area (Å²) < 4.78 is 7.69. The minimum Gasteiger partial charge on any atom is -0.443 e. The van der Waals surface area contributed by atoms with Crippen LogP contribution in [0.5, 0.6) is 0 Å². The van der Waals surface area contributed by atoms with Crippen LogP contribution in [0.15, 0.2) is 36.5 Å². The summed E-state index contributed by atoms with van der Waals surface area (Å²) in [6.07, 6.45) is 7.76. The zero-order valence-electron chi connectivity index (χ0n) is 14.3. The fraction of sp³-hybridized carbons (Fsp3) is 0.421. The Balaban J connectivity index is 2.08. The molecule has 2 aromatic rings. The standard InChI is InChI=1S/C19H24N2O2/c1-19(2,3)23-18(22)21-10-7-5-6-8-14-12-15-9-11-20(4)16(15)13-17(14)21/h5-6,9,11-13H,7-8,10H2,1-4H3/b6-5-. The highest BCUT2D eigenvalue weighted by Gasteiger charge is 2.25. The summed E-state index contributed by atoms with van der Waals surface area (Å²) in [5.41, 5.74) is 2.75. The third-order valence-electron chi connectivity index (χ3n) is 4.01. The summed E-state index contributed by atoms with van der Waals surface area (Å²) >= 11 is 0. The number of carbonyl (C=O) groups excluding carboxylic acids is 1. The largest absolute Gasteiger partial charge is 0.443 e. The molecule has 4 heteroatoms. The van der Waals surface area contributed by atoms with E-state index in [1.807, 2.05) is 34.0 Å². The second kappa shape index (κ2) is 5.76. The Morgan fingerprint density at radius 3 is 2.74 bits per heavy atom. The van der Waals surface area contributed by atoms with Crippen molar-refractivity contribution in [2.75, 3.05) is 11.4 Å².